The first-order chi connectivity index (χ1) is 15.9. The number of nitrogens with one attached hydrogen (secondary N) is 2. The lowest BCUT2D eigenvalue weighted by Gasteiger charge is -2.24. The second-order valence-electron chi connectivity index (χ2n) is 8.26. The van der Waals surface area contributed by atoms with E-state index < -0.39 is 30.1 Å². The van der Waals surface area contributed by atoms with Crippen molar-refractivity contribution in [2.75, 3.05) is 6.61 Å². The van der Waals surface area contributed by atoms with Gasteiger partial charge in [-0.1, -0.05) is 74.9 Å². The van der Waals surface area contributed by atoms with Crippen LogP contribution in [-0.2, 0) is 14.3 Å². The van der Waals surface area contributed by atoms with Gasteiger partial charge in [0.05, 0.1) is 0 Å². The Kier molecular flexibility index (Phi) is 7.87. The number of alkyl carbamates (subject to hydrolysis) is 1. The largest absolute Gasteiger partial charge is 0.480 e. The molecule has 2 amide bonds. The summed E-state index contributed by atoms with van der Waals surface area (Å²) in [4.78, 5) is 36.8. The second kappa shape index (κ2) is 10.8. The van der Waals surface area contributed by atoms with Gasteiger partial charge in [0.15, 0.2) is 0 Å². The second-order valence-corrected chi connectivity index (χ2v) is 8.26. The highest BCUT2D eigenvalue weighted by molar-refractivity contribution is 5.89. The van der Waals surface area contributed by atoms with E-state index in [2.05, 4.69) is 29.3 Å². The number of hydrogen-bond donors (Lipinski definition) is 3. The molecule has 1 aliphatic carbocycles. The zero-order chi connectivity index (χ0) is 24.0. The topological polar surface area (TPSA) is 105 Å². The number of carbonyl (C=O) groups is 3. The van der Waals surface area contributed by atoms with Gasteiger partial charge in [0.25, 0.3) is 0 Å². The summed E-state index contributed by atoms with van der Waals surface area (Å²) in [5, 5.41) is 14.5. The van der Waals surface area contributed by atoms with Crippen molar-refractivity contribution in [2.24, 2.45) is 5.92 Å². The average Bonchev–Trinajstić information content (AvgIpc) is 3.13. The Hall–Kier alpha value is -3.61. The van der Waals surface area contributed by atoms with Gasteiger partial charge in [-0.05, 0) is 34.6 Å². The summed E-state index contributed by atoms with van der Waals surface area (Å²) in [5.74, 6) is -2.06. The van der Waals surface area contributed by atoms with Gasteiger partial charge in [-0.15, -0.1) is 6.58 Å². The van der Waals surface area contributed by atoms with Gasteiger partial charge >= 0.3 is 12.1 Å². The van der Waals surface area contributed by atoms with Crippen LogP contribution in [0.25, 0.3) is 11.1 Å². The molecule has 0 aliphatic heterocycles. The Morgan fingerprint density at radius 3 is 2.15 bits per heavy atom. The Balaban J connectivity index is 1.65. The summed E-state index contributed by atoms with van der Waals surface area (Å²) in [6, 6.07) is 14.0. The molecule has 33 heavy (non-hydrogen) atoms. The van der Waals surface area contributed by atoms with Gasteiger partial charge in [-0.3, -0.25) is 4.79 Å². The quantitative estimate of drug-likeness (QED) is 0.473. The molecule has 0 spiro atoms. The maximum Gasteiger partial charge on any atom is 0.407 e. The van der Waals surface area contributed by atoms with Crippen LogP contribution in [0.1, 0.15) is 43.7 Å². The molecule has 3 unspecified atom stereocenters. The molecule has 7 heteroatoms. The Labute approximate surface area is 193 Å². The molecule has 3 atom stereocenters. The fourth-order valence-electron chi connectivity index (χ4n) is 4.12. The lowest BCUT2D eigenvalue weighted by atomic mass is 9.98. The third-order valence-electron chi connectivity index (χ3n) is 6.13. The lowest BCUT2D eigenvalue weighted by molar-refractivity contribution is -0.143. The predicted molar refractivity (Wildman–Crippen MR) is 126 cm³/mol. The van der Waals surface area contributed by atoms with Gasteiger partial charge in [0.2, 0.25) is 5.91 Å². The van der Waals surface area contributed by atoms with Gasteiger partial charge in [0, 0.05) is 5.92 Å². The number of hydrogen-bond acceptors (Lipinski definition) is 4. The number of aliphatic carboxylic acids is 1. The maximum atomic E-state index is 12.7. The van der Waals surface area contributed by atoms with E-state index >= 15 is 0 Å². The van der Waals surface area contributed by atoms with Crippen molar-refractivity contribution in [1.29, 1.82) is 0 Å². The highest BCUT2D eigenvalue weighted by atomic mass is 16.5. The number of benzene rings is 2. The van der Waals surface area contributed by atoms with Crippen molar-refractivity contribution in [3.05, 3.63) is 72.3 Å². The molecule has 0 saturated carbocycles. The van der Waals surface area contributed by atoms with Crippen molar-refractivity contribution < 1.29 is 24.2 Å². The minimum absolute atomic E-state index is 0.100. The molecule has 2 aromatic rings. The van der Waals surface area contributed by atoms with Crippen LogP contribution in [0.4, 0.5) is 4.79 Å². The molecule has 0 fully saturated rings. The number of carbonyl (C=O) groups excluding carboxylic acids is 2. The van der Waals surface area contributed by atoms with E-state index in [9.17, 15) is 19.5 Å². The van der Waals surface area contributed by atoms with Gasteiger partial charge < -0.3 is 20.5 Å². The van der Waals surface area contributed by atoms with E-state index in [0.29, 0.717) is 6.42 Å². The zero-order valence-electron chi connectivity index (χ0n) is 18.9. The molecule has 0 heterocycles. The number of rotatable bonds is 10. The first kappa shape index (κ1) is 24.0. The molecule has 174 valence electrons. The number of fused-ring (bicyclic) bond motifs is 3. The van der Waals surface area contributed by atoms with E-state index in [0.717, 1.165) is 22.3 Å². The summed E-state index contributed by atoms with van der Waals surface area (Å²) >= 11 is 0. The Morgan fingerprint density at radius 1 is 1.06 bits per heavy atom. The highest BCUT2D eigenvalue weighted by Gasteiger charge is 2.31. The minimum Gasteiger partial charge on any atom is -0.480 e. The van der Waals surface area contributed by atoms with Crippen molar-refractivity contribution >= 4 is 18.0 Å². The van der Waals surface area contributed by atoms with E-state index in [4.69, 9.17) is 4.74 Å². The summed E-state index contributed by atoms with van der Waals surface area (Å²) < 4.78 is 5.51. The molecular formula is C26H30N2O5. The first-order valence-corrected chi connectivity index (χ1v) is 11.1. The van der Waals surface area contributed by atoms with Crippen molar-refractivity contribution in [3.8, 4) is 11.1 Å². The van der Waals surface area contributed by atoms with Crippen molar-refractivity contribution in [3.63, 3.8) is 0 Å². The fourth-order valence-corrected chi connectivity index (χ4v) is 4.12. The average molecular weight is 451 g/mol. The van der Waals surface area contributed by atoms with Crippen LogP contribution in [-0.4, -0.2) is 41.8 Å². The van der Waals surface area contributed by atoms with Crippen LogP contribution in [0.3, 0.4) is 0 Å². The van der Waals surface area contributed by atoms with Crippen LogP contribution in [0.15, 0.2) is 61.2 Å². The summed E-state index contributed by atoms with van der Waals surface area (Å²) in [6.45, 7) is 7.34. The maximum absolute atomic E-state index is 12.7. The molecule has 3 N–H and O–H groups in total. The lowest BCUT2D eigenvalue weighted by Crippen LogP contribution is -2.53. The standard InChI is InChI=1S/C26H30N2O5/c1-4-10-22(24(29)28-23(25(30)31)16(3)5-2)27-26(32)33-15-21-19-13-8-6-11-17(19)18-12-7-9-14-20(18)21/h4,6-9,11-14,16,21-23H,1,5,10,15H2,2-3H3,(H,27,32)(H,28,29)(H,30,31). The highest BCUT2D eigenvalue weighted by Crippen LogP contribution is 2.44. The number of carboxylic acid groups (broad SMARTS) is 1. The number of amides is 2. The van der Waals surface area contributed by atoms with Crippen molar-refractivity contribution in [2.45, 2.75) is 44.7 Å². The Bertz CT molecular complexity index is 989. The van der Waals surface area contributed by atoms with E-state index in [1.54, 1.807) is 6.92 Å². The molecule has 1 aliphatic rings. The number of ether oxygens (including phenoxy) is 1. The van der Waals surface area contributed by atoms with Crippen LogP contribution >= 0.6 is 0 Å². The summed E-state index contributed by atoms with van der Waals surface area (Å²) in [6.07, 6.45) is 1.48. The van der Waals surface area contributed by atoms with Crippen LogP contribution in [0.2, 0.25) is 0 Å². The van der Waals surface area contributed by atoms with Gasteiger partial charge in [-0.2, -0.15) is 0 Å². The molecular weight excluding hydrogens is 420 g/mol. The van der Waals surface area contributed by atoms with Gasteiger partial charge in [0.1, 0.15) is 18.7 Å². The normalized spacial score (nSPS) is 14.8. The minimum atomic E-state index is -1.11. The monoisotopic (exact) mass is 450 g/mol. The van der Waals surface area contributed by atoms with Crippen molar-refractivity contribution in [1.82, 2.24) is 10.6 Å². The predicted octanol–water partition coefficient (Wildman–Crippen LogP) is 4.09. The molecule has 0 bridgehead atoms. The van der Waals surface area contributed by atoms with E-state index in [1.807, 2.05) is 43.3 Å². The summed E-state index contributed by atoms with van der Waals surface area (Å²) in [5.41, 5.74) is 4.42. The molecule has 0 radical (unpaired) electrons. The van der Waals surface area contributed by atoms with E-state index in [1.165, 1.54) is 6.08 Å². The Morgan fingerprint density at radius 2 is 1.64 bits per heavy atom. The van der Waals surface area contributed by atoms with Crippen LogP contribution in [0.5, 0.6) is 0 Å². The van der Waals surface area contributed by atoms with Gasteiger partial charge in [-0.25, -0.2) is 9.59 Å². The first-order valence-electron chi connectivity index (χ1n) is 11.1. The third kappa shape index (κ3) is 5.42. The molecule has 0 aromatic heterocycles. The SMILES string of the molecule is C=CCC(NC(=O)OCC1c2ccccc2-c2ccccc21)C(=O)NC(C(=O)O)C(C)CC. The van der Waals surface area contributed by atoms with Crippen LogP contribution in [0, 0.1) is 5.92 Å². The molecule has 0 saturated heterocycles. The fraction of sp³-hybridized carbons (Fsp3) is 0.346. The van der Waals surface area contributed by atoms with Crippen LogP contribution < -0.4 is 10.6 Å². The molecule has 3 rings (SSSR count). The summed E-state index contributed by atoms with van der Waals surface area (Å²) in [7, 11) is 0. The number of carboxylic acids is 1. The third-order valence-corrected chi connectivity index (χ3v) is 6.13. The molecule has 7 nitrogen and oxygen atoms in total. The molecule has 2 aromatic carbocycles. The zero-order valence-corrected chi connectivity index (χ0v) is 18.9. The van der Waals surface area contributed by atoms with E-state index in [-0.39, 0.29) is 24.9 Å². The smallest absolute Gasteiger partial charge is 0.407 e.